The minimum atomic E-state index is -0.253. The lowest BCUT2D eigenvalue weighted by Gasteiger charge is -2.37. The summed E-state index contributed by atoms with van der Waals surface area (Å²) in [7, 11) is 0. The Kier molecular flexibility index (Phi) is 4.95. The van der Waals surface area contributed by atoms with E-state index in [2.05, 4.69) is 28.5 Å². The summed E-state index contributed by atoms with van der Waals surface area (Å²) in [6.45, 7) is 4.06. The maximum Gasteiger partial charge on any atom is 0.224 e. The molecule has 2 aromatic rings. The fraction of sp³-hybridized carbons (Fsp3) is 0.400. The quantitative estimate of drug-likeness (QED) is 0.889. The number of hydrogen-bond donors (Lipinski definition) is 2. The molecule has 0 aliphatic heterocycles. The van der Waals surface area contributed by atoms with Crippen LogP contribution >= 0.6 is 0 Å². The van der Waals surface area contributed by atoms with Gasteiger partial charge in [-0.2, -0.15) is 0 Å². The van der Waals surface area contributed by atoms with Crippen molar-refractivity contribution in [1.82, 2.24) is 10.3 Å². The average Bonchev–Trinajstić information content (AvgIpc) is 2.54. The predicted molar refractivity (Wildman–Crippen MR) is 93.5 cm³/mol. The summed E-state index contributed by atoms with van der Waals surface area (Å²) >= 11 is 0. The van der Waals surface area contributed by atoms with E-state index in [0.29, 0.717) is 19.3 Å². The molecule has 1 aliphatic carbocycles. The number of carbonyl (C=O) groups is 1. The van der Waals surface area contributed by atoms with E-state index < -0.39 is 0 Å². The maximum atomic E-state index is 12.6. The monoisotopic (exact) mass is 324 g/mol. The lowest BCUT2D eigenvalue weighted by Crippen LogP contribution is -2.42. The van der Waals surface area contributed by atoms with Gasteiger partial charge in [0.2, 0.25) is 5.91 Å². The molecule has 0 saturated heterocycles. The number of benzene rings is 1. The van der Waals surface area contributed by atoms with E-state index >= 15 is 0 Å². The Morgan fingerprint density at radius 2 is 2.08 bits per heavy atom. The molecule has 2 N–H and O–H groups in total. The molecule has 0 spiro atoms. The number of hydrogen-bond acceptors (Lipinski definition) is 3. The third-order valence-electron chi connectivity index (χ3n) is 4.80. The Morgan fingerprint density at radius 1 is 1.29 bits per heavy atom. The van der Waals surface area contributed by atoms with Gasteiger partial charge in [0.05, 0.1) is 24.3 Å². The Bertz CT molecular complexity index is 709. The molecule has 0 bridgehead atoms. The van der Waals surface area contributed by atoms with Crippen LogP contribution in [-0.4, -0.2) is 22.1 Å². The second-order valence-electron chi connectivity index (χ2n) is 6.79. The number of aryl methyl sites for hydroxylation is 2. The van der Waals surface area contributed by atoms with E-state index in [0.717, 1.165) is 22.4 Å². The summed E-state index contributed by atoms with van der Waals surface area (Å²) in [6.07, 6.45) is 3.29. The second-order valence-corrected chi connectivity index (χ2v) is 6.79. The summed E-state index contributed by atoms with van der Waals surface area (Å²) < 4.78 is 0. The van der Waals surface area contributed by atoms with E-state index in [-0.39, 0.29) is 24.0 Å². The van der Waals surface area contributed by atoms with Crippen LogP contribution in [0.15, 0.2) is 42.6 Å². The van der Waals surface area contributed by atoms with Crippen molar-refractivity contribution >= 4 is 5.91 Å². The smallest absolute Gasteiger partial charge is 0.224 e. The van der Waals surface area contributed by atoms with Crippen LogP contribution in [0.3, 0.4) is 0 Å². The van der Waals surface area contributed by atoms with Crippen LogP contribution in [0.1, 0.15) is 41.3 Å². The number of pyridine rings is 1. The van der Waals surface area contributed by atoms with E-state index in [9.17, 15) is 9.90 Å². The minimum absolute atomic E-state index is 0.000688. The molecule has 24 heavy (non-hydrogen) atoms. The first-order valence-corrected chi connectivity index (χ1v) is 8.47. The molecule has 4 heteroatoms. The number of amides is 1. The fourth-order valence-corrected chi connectivity index (χ4v) is 3.28. The van der Waals surface area contributed by atoms with Crippen molar-refractivity contribution in [3.05, 3.63) is 65.0 Å². The highest BCUT2D eigenvalue weighted by Gasteiger charge is 2.36. The third-order valence-corrected chi connectivity index (χ3v) is 4.80. The van der Waals surface area contributed by atoms with Gasteiger partial charge in [-0.25, -0.2) is 0 Å². The number of rotatable bonds is 5. The highest BCUT2D eigenvalue weighted by Crippen LogP contribution is 2.37. The fourth-order valence-electron chi connectivity index (χ4n) is 3.28. The van der Waals surface area contributed by atoms with E-state index in [4.69, 9.17) is 0 Å². The Balaban J connectivity index is 1.72. The van der Waals surface area contributed by atoms with Crippen molar-refractivity contribution in [3.63, 3.8) is 0 Å². The standard InChI is InChI=1S/C20H24N2O2/c1-13-6-7-14(2)15(9-13)12-19(24)22-20(16-10-17(23)11-16)18-5-3-4-8-21-18/h3-9,16-17,20,23H,10-12H2,1-2H3,(H,22,24)/t16?,17?,20-/m1/s1. The number of nitrogens with zero attached hydrogens (tertiary/aromatic N) is 1. The SMILES string of the molecule is Cc1ccc(C)c(CC(=O)N[C@@H](c2ccccn2)C2CC(O)C2)c1. The second kappa shape index (κ2) is 7.14. The van der Waals surface area contributed by atoms with E-state index in [1.165, 1.54) is 0 Å². The molecule has 1 aliphatic rings. The van der Waals surface area contributed by atoms with Crippen LogP contribution in [0.25, 0.3) is 0 Å². The molecule has 4 nitrogen and oxygen atoms in total. The summed E-state index contributed by atoms with van der Waals surface area (Å²) in [4.78, 5) is 17.0. The van der Waals surface area contributed by atoms with Gasteiger partial charge in [-0.1, -0.05) is 29.8 Å². The first-order chi connectivity index (χ1) is 11.5. The number of carbonyl (C=O) groups excluding carboxylic acids is 1. The van der Waals surface area contributed by atoms with Crippen LogP contribution in [0.2, 0.25) is 0 Å². The lowest BCUT2D eigenvalue weighted by molar-refractivity contribution is -0.122. The van der Waals surface area contributed by atoms with Gasteiger partial charge in [0, 0.05) is 6.20 Å². The van der Waals surface area contributed by atoms with Crippen molar-refractivity contribution in [3.8, 4) is 0 Å². The van der Waals surface area contributed by atoms with E-state index in [1.54, 1.807) is 6.20 Å². The van der Waals surface area contributed by atoms with E-state index in [1.807, 2.05) is 32.0 Å². The van der Waals surface area contributed by atoms with Gasteiger partial charge in [0.1, 0.15) is 0 Å². The summed E-state index contributed by atoms with van der Waals surface area (Å²) in [6, 6.07) is 11.8. The molecular weight excluding hydrogens is 300 g/mol. The summed E-state index contributed by atoms with van der Waals surface area (Å²) in [5, 5.41) is 12.8. The van der Waals surface area contributed by atoms with Gasteiger partial charge in [-0.15, -0.1) is 0 Å². The normalized spacial score (nSPS) is 21.0. The third kappa shape index (κ3) is 3.82. The Labute approximate surface area is 142 Å². The Hall–Kier alpha value is -2.20. The van der Waals surface area contributed by atoms with Gasteiger partial charge in [-0.05, 0) is 55.9 Å². The minimum Gasteiger partial charge on any atom is -0.393 e. The molecule has 0 unspecified atom stereocenters. The summed E-state index contributed by atoms with van der Waals surface area (Å²) in [5.74, 6) is 0.248. The molecular formula is C20H24N2O2. The molecule has 1 amide bonds. The molecule has 0 radical (unpaired) electrons. The zero-order valence-electron chi connectivity index (χ0n) is 14.2. The van der Waals surface area contributed by atoms with Crippen LogP contribution in [0.4, 0.5) is 0 Å². The molecule has 1 fully saturated rings. The van der Waals surface area contributed by atoms with Crippen LogP contribution in [0, 0.1) is 19.8 Å². The number of aliphatic hydroxyl groups is 1. The molecule has 3 rings (SSSR count). The van der Waals surface area contributed by atoms with Crippen molar-refractivity contribution in [1.29, 1.82) is 0 Å². The van der Waals surface area contributed by atoms with Gasteiger partial charge < -0.3 is 10.4 Å². The molecule has 1 aromatic carbocycles. The van der Waals surface area contributed by atoms with Gasteiger partial charge in [-0.3, -0.25) is 9.78 Å². The average molecular weight is 324 g/mol. The first kappa shape index (κ1) is 16.7. The first-order valence-electron chi connectivity index (χ1n) is 8.47. The van der Waals surface area contributed by atoms with Gasteiger partial charge >= 0.3 is 0 Å². The van der Waals surface area contributed by atoms with Gasteiger partial charge in [0.25, 0.3) is 0 Å². The molecule has 1 atom stereocenters. The predicted octanol–water partition coefficient (Wildman–Crippen LogP) is 2.87. The largest absolute Gasteiger partial charge is 0.393 e. The van der Waals surface area contributed by atoms with Gasteiger partial charge in [0.15, 0.2) is 0 Å². The van der Waals surface area contributed by atoms with Crippen LogP contribution < -0.4 is 5.32 Å². The van der Waals surface area contributed by atoms with Crippen molar-refractivity contribution in [2.24, 2.45) is 5.92 Å². The highest BCUT2D eigenvalue weighted by atomic mass is 16.3. The number of aromatic nitrogens is 1. The zero-order chi connectivity index (χ0) is 17.1. The highest BCUT2D eigenvalue weighted by molar-refractivity contribution is 5.79. The lowest BCUT2D eigenvalue weighted by atomic mass is 9.76. The van der Waals surface area contributed by atoms with Crippen molar-refractivity contribution in [2.45, 2.75) is 45.3 Å². The molecule has 1 heterocycles. The van der Waals surface area contributed by atoms with Crippen molar-refractivity contribution in [2.75, 3.05) is 0 Å². The Morgan fingerprint density at radius 3 is 2.75 bits per heavy atom. The zero-order valence-corrected chi connectivity index (χ0v) is 14.2. The molecule has 126 valence electrons. The number of aliphatic hydroxyl groups excluding tert-OH is 1. The topological polar surface area (TPSA) is 62.2 Å². The van der Waals surface area contributed by atoms with Crippen LogP contribution in [0.5, 0.6) is 0 Å². The molecule has 1 saturated carbocycles. The summed E-state index contributed by atoms with van der Waals surface area (Å²) in [5.41, 5.74) is 4.21. The van der Waals surface area contributed by atoms with Crippen molar-refractivity contribution < 1.29 is 9.90 Å². The van der Waals surface area contributed by atoms with Crippen LogP contribution in [-0.2, 0) is 11.2 Å². The number of nitrogens with one attached hydrogen (secondary N) is 1. The maximum absolute atomic E-state index is 12.6. The molecule has 1 aromatic heterocycles.